The number of hydrogen-bond donors (Lipinski definition) is 0. The molecule has 0 amide bonds. The van der Waals surface area contributed by atoms with Gasteiger partial charge in [-0.1, -0.05) is 66.7 Å². The Morgan fingerprint density at radius 1 is 0.833 bits per heavy atom. The highest BCUT2D eigenvalue weighted by atomic mass is 15.0. The van der Waals surface area contributed by atoms with Crippen LogP contribution in [0.4, 0.5) is 0 Å². The minimum atomic E-state index is 1.04. The summed E-state index contributed by atoms with van der Waals surface area (Å²) in [5.41, 5.74) is 4.72. The molecule has 5 aromatic carbocycles. The Kier molecular flexibility index (Phi) is 4.29. The van der Waals surface area contributed by atoms with Crippen LogP contribution in [-0.4, -0.2) is 9.55 Å². The average Bonchev–Trinajstić information content (AvgIpc) is 3.05. The van der Waals surface area contributed by atoms with Crippen molar-refractivity contribution in [3.63, 3.8) is 0 Å². The summed E-state index contributed by atoms with van der Waals surface area (Å²) in [5.74, 6) is 1.04. The Balaban J connectivity index is 0.000000609. The van der Waals surface area contributed by atoms with E-state index in [1.54, 1.807) is 6.08 Å². The second-order valence-corrected chi connectivity index (χ2v) is 7.80. The molecule has 0 saturated carbocycles. The lowest BCUT2D eigenvalue weighted by Crippen LogP contribution is -1.90. The average molecular weight is 389 g/mol. The third kappa shape index (κ3) is 2.68. The zero-order chi connectivity index (χ0) is 20.8. The van der Waals surface area contributed by atoms with E-state index < -0.39 is 0 Å². The Bertz CT molecular complexity index is 1520. The number of benzene rings is 5. The number of nitrogens with zero attached hydrogens (tertiary/aromatic N) is 2. The summed E-state index contributed by atoms with van der Waals surface area (Å²) in [5, 5.41) is 7.94. The van der Waals surface area contributed by atoms with E-state index in [1.165, 1.54) is 49.0 Å². The van der Waals surface area contributed by atoms with Crippen LogP contribution < -0.4 is 0 Å². The summed E-state index contributed by atoms with van der Waals surface area (Å²) < 4.78 is 2.14. The van der Waals surface area contributed by atoms with Gasteiger partial charge >= 0.3 is 0 Å². The minimum Gasteiger partial charge on any atom is -0.331 e. The van der Waals surface area contributed by atoms with E-state index in [0.717, 1.165) is 11.3 Å². The predicted octanol–water partition coefficient (Wildman–Crippen LogP) is 7.64. The van der Waals surface area contributed by atoms with Gasteiger partial charge in [-0.05, 0) is 69.4 Å². The first-order chi connectivity index (χ1) is 14.6. The molecule has 0 radical (unpaired) electrons. The molecular weight excluding hydrogens is 364 g/mol. The molecule has 2 heteroatoms. The fourth-order valence-electron chi connectivity index (χ4n) is 4.47. The molecule has 0 N–H and O–H groups in total. The van der Waals surface area contributed by atoms with Crippen molar-refractivity contribution >= 4 is 43.4 Å². The van der Waals surface area contributed by atoms with Crippen LogP contribution in [-0.2, 0) is 7.05 Å². The standard InChI is InChI=1S/C25H18N2.C3H6/c1-15-26-22-14-19(10-13-23(22)27(15)2)20-11-8-18-7-6-16-4-3-5-17-9-12-21(20)25(18)24(16)17;1-3-2/h3-14H,1-2H3;3H,1H2,2H3. The van der Waals surface area contributed by atoms with E-state index in [1.807, 2.05) is 6.92 Å². The molecule has 0 spiro atoms. The fourth-order valence-corrected chi connectivity index (χ4v) is 4.47. The summed E-state index contributed by atoms with van der Waals surface area (Å²) in [7, 11) is 2.07. The summed E-state index contributed by atoms with van der Waals surface area (Å²) in [6.07, 6.45) is 1.75. The molecule has 30 heavy (non-hydrogen) atoms. The van der Waals surface area contributed by atoms with Crippen molar-refractivity contribution in [2.75, 3.05) is 0 Å². The molecule has 0 saturated heterocycles. The summed E-state index contributed by atoms with van der Waals surface area (Å²) in [4.78, 5) is 4.72. The van der Waals surface area contributed by atoms with Crippen molar-refractivity contribution < 1.29 is 0 Å². The van der Waals surface area contributed by atoms with Gasteiger partial charge in [-0.25, -0.2) is 4.98 Å². The van der Waals surface area contributed by atoms with Crippen molar-refractivity contribution in [2.45, 2.75) is 13.8 Å². The maximum atomic E-state index is 4.72. The lowest BCUT2D eigenvalue weighted by atomic mass is 9.90. The molecule has 1 aromatic heterocycles. The second kappa shape index (κ2) is 7.00. The van der Waals surface area contributed by atoms with E-state index in [0.29, 0.717) is 0 Å². The summed E-state index contributed by atoms with van der Waals surface area (Å²) >= 11 is 0. The van der Waals surface area contributed by atoms with Gasteiger partial charge in [0, 0.05) is 7.05 Å². The fraction of sp³-hybridized carbons (Fsp3) is 0.107. The highest BCUT2D eigenvalue weighted by Gasteiger charge is 2.13. The van der Waals surface area contributed by atoms with Crippen LogP contribution in [0.15, 0.2) is 85.5 Å². The second-order valence-electron chi connectivity index (χ2n) is 7.80. The van der Waals surface area contributed by atoms with E-state index in [2.05, 4.69) is 97.9 Å². The van der Waals surface area contributed by atoms with E-state index >= 15 is 0 Å². The van der Waals surface area contributed by atoms with Crippen LogP contribution in [0.1, 0.15) is 12.7 Å². The smallest absolute Gasteiger partial charge is 0.106 e. The van der Waals surface area contributed by atoms with E-state index in [9.17, 15) is 0 Å². The third-order valence-corrected chi connectivity index (χ3v) is 5.94. The lowest BCUT2D eigenvalue weighted by Gasteiger charge is -2.14. The predicted molar refractivity (Wildman–Crippen MR) is 130 cm³/mol. The third-order valence-electron chi connectivity index (χ3n) is 5.94. The zero-order valence-electron chi connectivity index (χ0n) is 17.6. The highest BCUT2D eigenvalue weighted by Crippen LogP contribution is 2.39. The normalized spacial score (nSPS) is 11.3. The molecule has 0 aliphatic carbocycles. The van der Waals surface area contributed by atoms with Crippen LogP contribution >= 0.6 is 0 Å². The SMILES string of the molecule is C=CC.Cc1nc2cc(-c3ccc4ccc5cccc6ccc3c4c56)ccc2n1C. The van der Waals surface area contributed by atoms with Gasteiger partial charge < -0.3 is 4.57 Å². The monoisotopic (exact) mass is 388 g/mol. The number of fused-ring (bicyclic) bond motifs is 1. The number of aryl methyl sites for hydroxylation is 2. The molecule has 0 fully saturated rings. The molecule has 6 rings (SSSR count). The van der Waals surface area contributed by atoms with Crippen LogP contribution in [0.2, 0.25) is 0 Å². The van der Waals surface area contributed by atoms with Gasteiger partial charge in [0.15, 0.2) is 0 Å². The molecule has 0 aliphatic heterocycles. The Morgan fingerprint density at radius 3 is 2.20 bits per heavy atom. The lowest BCUT2D eigenvalue weighted by molar-refractivity contribution is 0.886. The number of rotatable bonds is 1. The summed E-state index contributed by atoms with van der Waals surface area (Å²) in [6, 6.07) is 26.6. The minimum absolute atomic E-state index is 1.04. The van der Waals surface area contributed by atoms with Gasteiger partial charge in [0.1, 0.15) is 5.82 Å². The van der Waals surface area contributed by atoms with E-state index in [4.69, 9.17) is 4.98 Å². The van der Waals surface area contributed by atoms with Crippen molar-refractivity contribution in [1.29, 1.82) is 0 Å². The van der Waals surface area contributed by atoms with Gasteiger partial charge in [0.2, 0.25) is 0 Å². The summed E-state index contributed by atoms with van der Waals surface area (Å²) in [6.45, 7) is 7.30. The maximum absolute atomic E-state index is 4.72. The van der Waals surface area contributed by atoms with E-state index in [-0.39, 0.29) is 0 Å². The van der Waals surface area contributed by atoms with Gasteiger partial charge in [-0.2, -0.15) is 0 Å². The van der Waals surface area contributed by atoms with Gasteiger partial charge in [-0.3, -0.25) is 0 Å². The molecule has 0 unspecified atom stereocenters. The molecule has 2 nitrogen and oxygen atoms in total. The Morgan fingerprint density at radius 2 is 1.47 bits per heavy atom. The van der Waals surface area contributed by atoms with Crippen LogP contribution in [0.25, 0.3) is 54.5 Å². The maximum Gasteiger partial charge on any atom is 0.106 e. The van der Waals surface area contributed by atoms with Gasteiger partial charge in [-0.15, -0.1) is 6.58 Å². The van der Waals surface area contributed by atoms with Crippen molar-refractivity contribution in [2.24, 2.45) is 7.05 Å². The van der Waals surface area contributed by atoms with Crippen LogP contribution in [0.3, 0.4) is 0 Å². The zero-order valence-corrected chi connectivity index (χ0v) is 17.6. The molecule has 0 bridgehead atoms. The Hall–Kier alpha value is -3.65. The largest absolute Gasteiger partial charge is 0.331 e. The first-order valence-corrected chi connectivity index (χ1v) is 10.3. The topological polar surface area (TPSA) is 17.8 Å². The molecular formula is C28H24N2. The van der Waals surface area contributed by atoms with Crippen LogP contribution in [0.5, 0.6) is 0 Å². The molecule has 0 atom stereocenters. The van der Waals surface area contributed by atoms with Crippen molar-refractivity contribution in [1.82, 2.24) is 9.55 Å². The molecule has 146 valence electrons. The van der Waals surface area contributed by atoms with Crippen molar-refractivity contribution in [3.8, 4) is 11.1 Å². The van der Waals surface area contributed by atoms with Crippen molar-refractivity contribution in [3.05, 3.63) is 91.3 Å². The van der Waals surface area contributed by atoms with Crippen LogP contribution in [0, 0.1) is 6.92 Å². The van der Waals surface area contributed by atoms with Gasteiger partial charge in [0.25, 0.3) is 0 Å². The first kappa shape index (κ1) is 18.4. The molecule has 6 aromatic rings. The van der Waals surface area contributed by atoms with Gasteiger partial charge in [0.05, 0.1) is 11.0 Å². The quantitative estimate of drug-likeness (QED) is 0.209. The molecule has 1 heterocycles. The Labute approximate surface area is 176 Å². The number of allylic oxidation sites excluding steroid dienone is 1. The number of hydrogen-bond acceptors (Lipinski definition) is 1. The first-order valence-electron chi connectivity index (χ1n) is 10.3. The highest BCUT2D eigenvalue weighted by molar-refractivity contribution is 6.25. The number of aromatic nitrogens is 2. The number of imidazole rings is 1. The molecule has 0 aliphatic rings.